The number of furan rings is 1. The summed E-state index contributed by atoms with van der Waals surface area (Å²) in [7, 11) is -3.78. The van der Waals surface area contributed by atoms with Crippen LogP contribution in [0.4, 0.5) is 0 Å². The second-order valence-corrected chi connectivity index (χ2v) is 9.19. The molecule has 7 nitrogen and oxygen atoms in total. The van der Waals surface area contributed by atoms with Crippen LogP contribution in [0.3, 0.4) is 0 Å². The van der Waals surface area contributed by atoms with Crippen LogP contribution < -0.4 is 4.72 Å². The van der Waals surface area contributed by atoms with Crippen LogP contribution in [0.2, 0.25) is 5.02 Å². The number of benzene rings is 1. The lowest BCUT2D eigenvalue weighted by Gasteiger charge is -2.09. The van der Waals surface area contributed by atoms with Gasteiger partial charge in [-0.3, -0.25) is 0 Å². The average Bonchev–Trinajstić information content (AvgIpc) is 3.14. The first-order valence-corrected chi connectivity index (χ1v) is 11.1. The molecule has 0 bridgehead atoms. The number of sulfonamides is 1. The van der Waals surface area contributed by atoms with Gasteiger partial charge in [0, 0.05) is 11.4 Å². The predicted octanol–water partition coefficient (Wildman–Crippen LogP) is 3.85. The van der Waals surface area contributed by atoms with E-state index in [1.165, 1.54) is 29.5 Å². The number of thiazole rings is 1. The molecule has 0 atom stereocenters. The van der Waals surface area contributed by atoms with Crippen molar-refractivity contribution in [1.29, 1.82) is 0 Å². The average molecular weight is 439 g/mol. The Morgan fingerprint density at radius 3 is 2.89 bits per heavy atom. The summed E-state index contributed by atoms with van der Waals surface area (Å²) in [5.74, 6) is -0.0228. The van der Waals surface area contributed by atoms with Gasteiger partial charge in [-0.1, -0.05) is 11.6 Å². The summed E-state index contributed by atoms with van der Waals surface area (Å²) >= 11 is 7.40. The fraction of sp³-hybridized carbons (Fsp3) is 0.222. The minimum Gasteiger partial charge on any atom is -0.462 e. The van der Waals surface area contributed by atoms with E-state index in [-0.39, 0.29) is 28.1 Å². The Morgan fingerprint density at radius 1 is 1.36 bits per heavy atom. The fourth-order valence-electron chi connectivity index (χ4n) is 2.43. The zero-order valence-corrected chi connectivity index (χ0v) is 16.8. The molecule has 0 saturated heterocycles. The number of ether oxygens (including phenoxy) is 1. The number of carbonyl (C=O) groups excluding carboxylic acids is 1. The molecule has 1 N–H and O–H groups in total. The van der Waals surface area contributed by atoms with Crippen LogP contribution in [0.5, 0.6) is 0 Å². The first kappa shape index (κ1) is 19.1. The highest BCUT2D eigenvalue weighted by Gasteiger charge is 2.29. The number of nitrogens with zero attached hydrogens (tertiary/aromatic N) is 1. The maximum Gasteiger partial charge on any atom is 0.338 e. The quantitative estimate of drug-likeness (QED) is 0.562. The molecule has 0 amide bonds. The predicted molar refractivity (Wildman–Crippen MR) is 104 cm³/mol. The van der Waals surface area contributed by atoms with Gasteiger partial charge in [0.2, 0.25) is 10.0 Å². The van der Waals surface area contributed by atoms with Gasteiger partial charge in [0.05, 0.1) is 22.5 Å². The Labute approximate surface area is 170 Å². The molecule has 0 unspecified atom stereocenters. The van der Waals surface area contributed by atoms with Crippen molar-refractivity contribution in [1.82, 2.24) is 9.71 Å². The second-order valence-electron chi connectivity index (χ2n) is 6.24. The summed E-state index contributed by atoms with van der Waals surface area (Å²) < 4.78 is 37.9. The lowest BCUT2D eigenvalue weighted by molar-refractivity contribution is 0.0468. The molecule has 2 aromatic heterocycles. The minimum absolute atomic E-state index is 0.0406. The van der Waals surface area contributed by atoms with Gasteiger partial charge in [-0.25, -0.2) is 22.9 Å². The number of esters is 1. The van der Waals surface area contributed by atoms with E-state index in [9.17, 15) is 13.2 Å². The van der Waals surface area contributed by atoms with Gasteiger partial charge >= 0.3 is 5.97 Å². The molecule has 0 spiro atoms. The summed E-state index contributed by atoms with van der Waals surface area (Å²) in [6.07, 6.45) is 3.15. The van der Waals surface area contributed by atoms with Crippen molar-refractivity contribution in [2.75, 3.05) is 0 Å². The summed E-state index contributed by atoms with van der Waals surface area (Å²) in [6, 6.07) is 7.52. The van der Waals surface area contributed by atoms with Crippen LogP contribution in [0.15, 0.2) is 51.3 Å². The summed E-state index contributed by atoms with van der Waals surface area (Å²) in [6.45, 7) is -0.0406. The number of rotatable bonds is 7. The summed E-state index contributed by atoms with van der Waals surface area (Å²) in [4.78, 5) is 16.6. The van der Waals surface area contributed by atoms with Crippen molar-refractivity contribution >= 4 is 38.9 Å². The molecule has 0 aliphatic heterocycles. The van der Waals surface area contributed by atoms with Crippen molar-refractivity contribution in [3.8, 4) is 10.8 Å². The molecular formula is C18H15ClN2O5S2. The molecule has 4 rings (SSSR count). The molecule has 1 saturated carbocycles. The highest BCUT2D eigenvalue weighted by Crippen LogP contribution is 2.27. The van der Waals surface area contributed by atoms with Crippen LogP contribution in [-0.2, 0) is 21.4 Å². The van der Waals surface area contributed by atoms with Crippen LogP contribution in [0, 0.1) is 0 Å². The first-order valence-electron chi connectivity index (χ1n) is 8.40. The van der Waals surface area contributed by atoms with Gasteiger partial charge in [-0.05, 0) is 43.2 Å². The van der Waals surface area contributed by atoms with E-state index < -0.39 is 16.0 Å². The van der Waals surface area contributed by atoms with Crippen molar-refractivity contribution in [2.45, 2.75) is 30.4 Å². The lowest BCUT2D eigenvalue weighted by Crippen LogP contribution is -2.26. The van der Waals surface area contributed by atoms with E-state index in [2.05, 4.69) is 9.71 Å². The van der Waals surface area contributed by atoms with Crippen molar-refractivity contribution in [3.63, 3.8) is 0 Å². The van der Waals surface area contributed by atoms with Crippen LogP contribution >= 0.6 is 22.9 Å². The zero-order valence-electron chi connectivity index (χ0n) is 14.4. The number of hydrogen-bond donors (Lipinski definition) is 1. The van der Waals surface area contributed by atoms with E-state index >= 15 is 0 Å². The third kappa shape index (κ3) is 4.27. The Hall–Kier alpha value is -2.20. The molecule has 10 heteroatoms. The van der Waals surface area contributed by atoms with Gasteiger partial charge in [0.1, 0.15) is 11.5 Å². The smallest absolute Gasteiger partial charge is 0.338 e. The van der Waals surface area contributed by atoms with E-state index in [0.29, 0.717) is 16.5 Å². The number of aromatic nitrogens is 1. The third-order valence-electron chi connectivity index (χ3n) is 3.99. The molecule has 28 heavy (non-hydrogen) atoms. The van der Waals surface area contributed by atoms with E-state index in [0.717, 1.165) is 12.8 Å². The summed E-state index contributed by atoms with van der Waals surface area (Å²) in [5.41, 5.74) is 0.670. The number of nitrogens with one attached hydrogen (secondary N) is 1. The highest BCUT2D eigenvalue weighted by molar-refractivity contribution is 7.89. The molecule has 3 aromatic rings. The van der Waals surface area contributed by atoms with Gasteiger partial charge < -0.3 is 9.15 Å². The van der Waals surface area contributed by atoms with E-state index in [1.807, 2.05) is 0 Å². The third-order valence-corrected chi connectivity index (χ3v) is 6.90. The zero-order chi connectivity index (χ0) is 19.7. The van der Waals surface area contributed by atoms with Crippen LogP contribution in [0.1, 0.15) is 28.9 Å². The molecule has 146 valence electrons. The fourth-order valence-corrected chi connectivity index (χ4v) is 5.03. The number of carbonyl (C=O) groups is 1. The van der Waals surface area contributed by atoms with Crippen molar-refractivity contribution in [2.24, 2.45) is 0 Å². The van der Waals surface area contributed by atoms with E-state index in [4.69, 9.17) is 20.8 Å². The van der Waals surface area contributed by atoms with Crippen LogP contribution in [-0.4, -0.2) is 25.4 Å². The standard InChI is InChI=1S/C18H15ClN2O5S2/c19-14-6-3-11(8-16(14)28(23,24)21-12-4-5-12)18(22)26-9-13-10-27-17(20-13)15-2-1-7-25-15/h1-3,6-8,10,12,21H,4-5,9H2. The lowest BCUT2D eigenvalue weighted by atomic mass is 10.2. The Bertz CT molecular complexity index is 1100. The topological polar surface area (TPSA) is 98.5 Å². The van der Waals surface area contributed by atoms with E-state index in [1.54, 1.807) is 23.8 Å². The Morgan fingerprint density at radius 2 is 2.18 bits per heavy atom. The van der Waals surface area contributed by atoms with Crippen LogP contribution in [0.25, 0.3) is 10.8 Å². The largest absolute Gasteiger partial charge is 0.462 e. The first-order chi connectivity index (χ1) is 13.4. The molecule has 1 aromatic carbocycles. The maximum atomic E-state index is 12.4. The van der Waals surface area contributed by atoms with Gasteiger partial charge in [0.25, 0.3) is 0 Å². The number of hydrogen-bond acceptors (Lipinski definition) is 7. The molecular weight excluding hydrogens is 424 g/mol. The highest BCUT2D eigenvalue weighted by atomic mass is 35.5. The SMILES string of the molecule is O=C(OCc1csc(-c2ccco2)n1)c1ccc(Cl)c(S(=O)(=O)NC2CC2)c1. The molecule has 1 aliphatic carbocycles. The Balaban J connectivity index is 1.45. The van der Waals surface area contributed by atoms with Gasteiger partial charge in [-0.15, -0.1) is 11.3 Å². The normalized spacial score (nSPS) is 14.2. The molecule has 0 radical (unpaired) electrons. The van der Waals surface area contributed by atoms with Gasteiger partial charge in [-0.2, -0.15) is 0 Å². The summed E-state index contributed by atoms with van der Waals surface area (Å²) in [5, 5.41) is 2.50. The molecule has 1 aliphatic rings. The molecule has 2 heterocycles. The van der Waals surface area contributed by atoms with Crippen molar-refractivity contribution < 1.29 is 22.4 Å². The van der Waals surface area contributed by atoms with Gasteiger partial charge in [0.15, 0.2) is 10.8 Å². The Kier molecular flexibility index (Phi) is 5.24. The second kappa shape index (κ2) is 7.67. The maximum absolute atomic E-state index is 12.4. The minimum atomic E-state index is -3.78. The van der Waals surface area contributed by atoms with Crippen molar-refractivity contribution in [3.05, 3.63) is 58.3 Å². The molecule has 1 fully saturated rings. The monoisotopic (exact) mass is 438 g/mol. The number of halogens is 1.